The van der Waals surface area contributed by atoms with Gasteiger partial charge in [0, 0.05) is 12.1 Å². The summed E-state index contributed by atoms with van der Waals surface area (Å²) in [6.07, 6.45) is 4.81. The first kappa shape index (κ1) is 13.6. The first-order chi connectivity index (χ1) is 11.4. The third-order valence-corrected chi connectivity index (χ3v) is 3.80. The number of aliphatic imine (C=N–C) groups is 1. The molecule has 4 rings (SSSR count). The van der Waals surface area contributed by atoms with E-state index in [1.165, 1.54) is 0 Å². The number of benzene rings is 2. The Labute approximate surface area is 134 Å². The number of para-hydroxylation sites is 2. The Hall–Kier alpha value is -3.01. The lowest BCUT2D eigenvalue weighted by Gasteiger charge is -2.06. The van der Waals surface area contributed by atoms with Crippen molar-refractivity contribution < 1.29 is 0 Å². The molecule has 23 heavy (non-hydrogen) atoms. The SMILES string of the molecule is C1=C(c2ccccc2)N=C(CNc2cnc3ccccc3n2)C1. The van der Waals surface area contributed by atoms with Crippen LogP contribution in [0.4, 0.5) is 5.82 Å². The largest absolute Gasteiger partial charge is 0.363 e. The molecular weight excluding hydrogens is 284 g/mol. The lowest BCUT2D eigenvalue weighted by atomic mass is 10.1. The van der Waals surface area contributed by atoms with E-state index in [0.717, 1.165) is 40.2 Å². The Bertz CT molecular complexity index is 897. The highest BCUT2D eigenvalue weighted by Gasteiger charge is 2.10. The maximum Gasteiger partial charge on any atom is 0.145 e. The fraction of sp³-hybridized carbons (Fsp3) is 0.105. The molecule has 0 fully saturated rings. The maximum atomic E-state index is 4.70. The number of aromatic nitrogens is 2. The van der Waals surface area contributed by atoms with Crippen molar-refractivity contribution in [3.05, 3.63) is 72.4 Å². The van der Waals surface area contributed by atoms with Crippen LogP contribution in [-0.2, 0) is 0 Å². The first-order valence-corrected chi connectivity index (χ1v) is 7.66. The van der Waals surface area contributed by atoms with Crippen LogP contribution < -0.4 is 5.32 Å². The summed E-state index contributed by atoms with van der Waals surface area (Å²) < 4.78 is 0. The van der Waals surface area contributed by atoms with Gasteiger partial charge in [-0.25, -0.2) is 4.98 Å². The summed E-state index contributed by atoms with van der Waals surface area (Å²) in [6.45, 7) is 0.680. The molecule has 0 unspecified atom stereocenters. The smallest absolute Gasteiger partial charge is 0.145 e. The summed E-state index contributed by atoms with van der Waals surface area (Å²) in [5, 5.41) is 3.31. The monoisotopic (exact) mass is 300 g/mol. The van der Waals surface area contributed by atoms with Gasteiger partial charge in [-0.1, -0.05) is 48.5 Å². The van der Waals surface area contributed by atoms with Crippen molar-refractivity contribution in [1.82, 2.24) is 9.97 Å². The average Bonchev–Trinajstić information content (AvgIpc) is 3.10. The minimum absolute atomic E-state index is 0.680. The summed E-state index contributed by atoms with van der Waals surface area (Å²) >= 11 is 0. The van der Waals surface area contributed by atoms with Gasteiger partial charge in [0.05, 0.1) is 29.5 Å². The number of nitrogens with one attached hydrogen (secondary N) is 1. The van der Waals surface area contributed by atoms with Gasteiger partial charge < -0.3 is 5.32 Å². The molecule has 0 radical (unpaired) electrons. The molecule has 1 N–H and O–H groups in total. The molecular formula is C19H16N4. The molecule has 2 heterocycles. The second kappa shape index (κ2) is 6.01. The topological polar surface area (TPSA) is 50.2 Å². The molecule has 1 aromatic heterocycles. The zero-order valence-corrected chi connectivity index (χ0v) is 12.6. The van der Waals surface area contributed by atoms with Gasteiger partial charge >= 0.3 is 0 Å². The standard InChI is InChI=1S/C19H16N4/c1-2-6-14(7-3-1)16-11-10-15(22-16)12-21-19-13-20-17-8-4-5-9-18(17)23-19/h1-9,11,13H,10,12H2,(H,21,23). The predicted octanol–water partition coefficient (Wildman–Crippen LogP) is 3.93. The lowest BCUT2D eigenvalue weighted by Crippen LogP contribution is -2.12. The molecule has 0 aliphatic carbocycles. The van der Waals surface area contributed by atoms with Gasteiger partial charge in [0.2, 0.25) is 0 Å². The first-order valence-electron chi connectivity index (χ1n) is 7.66. The molecule has 112 valence electrons. The maximum absolute atomic E-state index is 4.70. The van der Waals surface area contributed by atoms with Crippen LogP contribution in [0.3, 0.4) is 0 Å². The van der Waals surface area contributed by atoms with E-state index < -0.39 is 0 Å². The van der Waals surface area contributed by atoms with Crippen molar-refractivity contribution in [3.63, 3.8) is 0 Å². The highest BCUT2D eigenvalue weighted by atomic mass is 15.0. The second-order valence-corrected chi connectivity index (χ2v) is 5.44. The van der Waals surface area contributed by atoms with Crippen LogP contribution in [-0.4, -0.2) is 22.2 Å². The number of rotatable bonds is 4. The van der Waals surface area contributed by atoms with Crippen LogP contribution in [0, 0.1) is 0 Å². The van der Waals surface area contributed by atoms with Crippen LogP contribution in [0.15, 0.2) is 71.9 Å². The Morgan fingerprint density at radius 3 is 2.57 bits per heavy atom. The summed E-state index contributed by atoms with van der Waals surface area (Å²) in [7, 11) is 0. The van der Waals surface area contributed by atoms with Crippen LogP contribution in [0.25, 0.3) is 16.7 Å². The van der Waals surface area contributed by atoms with E-state index >= 15 is 0 Å². The number of fused-ring (bicyclic) bond motifs is 1. The molecule has 1 aliphatic rings. The molecule has 4 nitrogen and oxygen atoms in total. The number of anilines is 1. The van der Waals surface area contributed by atoms with Crippen molar-refractivity contribution in [1.29, 1.82) is 0 Å². The quantitative estimate of drug-likeness (QED) is 0.794. The van der Waals surface area contributed by atoms with Gasteiger partial charge in [-0.3, -0.25) is 9.98 Å². The molecule has 3 aromatic rings. The van der Waals surface area contributed by atoms with Crippen molar-refractivity contribution in [2.24, 2.45) is 4.99 Å². The van der Waals surface area contributed by atoms with Gasteiger partial charge in [-0.2, -0.15) is 0 Å². The van der Waals surface area contributed by atoms with Gasteiger partial charge in [0.1, 0.15) is 5.82 Å². The highest BCUT2D eigenvalue weighted by Crippen LogP contribution is 2.22. The number of allylic oxidation sites excluding steroid dienone is 1. The summed E-state index contributed by atoms with van der Waals surface area (Å²) in [5.74, 6) is 0.777. The van der Waals surface area contributed by atoms with Crippen LogP contribution in [0.5, 0.6) is 0 Å². The molecule has 0 atom stereocenters. The van der Waals surface area contributed by atoms with E-state index in [2.05, 4.69) is 33.5 Å². The van der Waals surface area contributed by atoms with Crippen molar-refractivity contribution in [2.45, 2.75) is 6.42 Å². The zero-order valence-electron chi connectivity index (χ0n) is 12.6. The fourth-order valence-electron chi connectivity index (χ4n) is 2.61. The lowest BCUT2D eigenvalue weighted by molar-refractivity contribution is 1.22. The van der Waals surface area contributed by atoms with Crippen LogP contribution >= 0.6 is 0 Å². The third kappa shape index (κ3) is 2.97. The number of hydrogen-bond donors (Lipinski definition) is 1. The average molecular weight is 300 g/mol. The van der Waals surface area contributed by atoms with Gasteiger partial charge in [0.15, 0.2) is 0 Å². The van der Waals surface area contributed by atoms with Crippen LogP contribution in [0.1, 0.15) is 12.0 Å². The van der Waals surface area contributed by atoms with Gasteiger partial charge in [0.25, 0.3) is 0 Å². The van der Waals surface area contributed by atoms with Crippen molar-refractivity contribution in [2.75, 3.05) is 11.9 Å². The highest BCUT2D eigenvalue weighted by molar-refractivity contribution is 5.98. The van der Waals surface area contributed by atoms with Crippen LogP contribution in [0.2, 0.25) is 0 Å². The van der Waals surface area contributed by atoms with E-state index in [0.29, 0.717) is 6.54 Å². The van der Waals surface area contributed by atoms with E-state index in [1.54, 1.807) is 6.20 Å². The van der Waals surface area contributed by atoms with E-state index in [4.69, 9.17) is 4.99 Å². The molecule has 1 aliphatic heterocycles. The Morgan fingerprint density at radius 2 is 1.70 bits per heavy atom. The molecule has 0 bridgehead atoms. The van der Waals surface area contributed by atoms with Gasteiger partial charge in [-0.15, -0.1) is 0 Å². The van der Waals surface area contributed by atoms with Gasteiger partial charge in [-0.05, 0) is 17.7 Å². The van der Waals surface area contributed by atoms with E-state index in [-0.39, 0.29) is 0 Å². The Morgan fingerprint density at radius 1 is 0.913 bits per heavy atom. The zero-order chi connectivity index (χ0) is 15.5. The third-order valence-electron chi connectivity index (χ3n) is 3.80. The minimum atomic E-state index is 0.680. The Kier molecular flexibility index (Phi) is 3.56. The second-order valence-electron chi connectivity index (χ2n) is 5.44. The molecule has 2 aromatic carbocycles. The minimum Gasteiger partial charge on any atom is -0.363 e. The Balaban J connectivity index is 1.45. The molecule has 0 saturated heterocycles. The predicted molar refractivity (Wildman–Crippen MR) is 94.5 cm³/mol. The van der Waals surface area contributed by atoms with Crippen molar-refractivity contribution in [3.8, 4) is 0 Å². The van der Waals surface area contributed by atoms with E-state index in [9.17, 15) is 0 Å². The normalized spacial score (nSPS) is 13.7. The number of nitrogens with zero attached hydrogens (tertiary/aromatic N) is 3. The fourth-order valence-corrected chi connectivity index (χ4v) is 2.61. The molecule has 0 amide bonds. The van der Waals surface area contributed by atoms with E-state index in [1.807, 2.05) is 42.5 Å². The summed E-state index contributed by atoms with van der Waals surface area (Å²) in [4.78, 5) is 13.7. The summed E-state index contributed by atoms with van der Waals surface area (Å²) in [5.41, 5.74) is 5.12. The molecule has 4 heteroatoms. The molecule has 0 spiro atoms. The van der Waals surface area contributed by atoms with Crippen molar-refractivity contribution >= 4 is 28.3 Å². The number of hydrogen-bond acceptors (Lipinski definition) is 4. The molecule has 0 saturated carbocycles. The summed E-state index contributed by atoms with van der Waals surface area (Å²) in [6, 6.07) is 18.1.